The van der Waals surface area contributed by atoms with Crippen molar-refractivity contribution >= 4 is 29.1 Å². The number of hydrogen-bond donors (Lipinski definition) is 3. The van der Waals surface area contributed by atoms with Gasteiger partial charge in [0.1, 0.15) is 5.75 Å². The minimum absolute atomic E-state index is 0.00559. The van der Waals surface area contributed by atoms with Crippen LogP contribution < -0.4 is 10.9 Å². The summed E-state index contributed by atoms with van der Waals surface area (Å²) in [5, 5.41) is 19.8. The molecule has 118 valence electrons. The van der Waals surface area contributed by atoms with Crippen molar-refractivity contribution in [1.82, 2.24) is 10.9 Å². The number of carbonyl (C=O) groups excluding carboxylic acids is 2. The van der Waals surface area contributed by atoms with Crippen molar-refractivity contribution in [2.45, 2.75) is 0 Å². The highest BCUT2D eigenvalue weighted by Crippen LogP contribution is 2.21. The summed E-state index contributed by atoms with van der Waals surface area (Å²) in [6.45, 7) is 0. The number of nitro groups is 1. The van der Waals surface area contributed by atoms with E-state index in [-0.39, 0.29) is 27.6 Å². The summed E-state index contributed by atoms with van der Waals surface area (Å²) in [6, 6.07) is 8.73. The Bertz CT molecular complexity index is 776. The molecule has 0 heterocycles. The number of hydrazine groups is 1. The van der Waals surface area contributed by atoms with Gasteiger partial charge in [0.2, 0.25) is 0 Å². The van der Waals surface area contributed by atoms with Crippen molar-refractivity contribution in [2.24, 2.45) is 0 Å². The molecule has 0 saturated heterocycles. The zero-order valence-corrected chi connectivity index (χ0v) is 12.2. The van der Waals surface area contributed by atoms with Crippen LogP contribution in [0, 0.1) is 10.1 Å². The fourth-order valence-electron chi connectivity index (χ4n) is 1.67. The van der Waals surface area contributed by atoms with E-state index in [0.717, 1.165) is 12.1 Å². The number of amides is 2. The van der Waals surface area contributed by atoms with Crippen molar-refractivity contribution in [3.05, 3.63) is 68.7 Å². The van der Waals surface area contributed by atoms with Crippen LogP contribution in [0.2, 0.25) is 5.02 Å². The number of carbonyl (C=O) groups is 2. The first-order chi connectivity index (χ1) is 10.9. The Morgan fingerprint density at radius 1 is 1.04 bits per heavy atom. The van der Waals surface area contributed by atoms with E-state index in [1.165, 1.54) is 30.3 Å². The van der Waals surface area contributed by atoms with Crippen LogP contribution in [0.3, 0.4) is 0 Å². The molecular formula is C14H10ClN3O5. The maximum atomic E-state index is 12.0. The SMILES string of the molecule is O=C(NNC(=O)c1cc([N+](=O)[O-])ccc1Cl)c1ccc(O)cc1. The van der Waals surface area contributed by atoms with Gasteiger partial charge in [-0.1, -0.05) is 11.6 Å². The quantitative estimate of drug-likeness (QED) is 0.585. The summed E-state index contributed by atoms with van der Waals surface area (Å²) >= 11 is 5.82. The average molecular weight is 336 g/mol. The topological polar surface area (TPSA) is 122 Å². The van der Waals surface area contributed by atoms with E-state index < -0.39 is 16.7 Å². The molecule has 23 heavy (non-hydrogen) atoms. The smallest absolute Gasteiger partial charge is 0.271 e. The highest BCUT2D eigenvalue weighted by atomic mass is 35.5. The first-order valence-electron chi connectivity index (χ1n) is 6.22. The Morgan fingerprint density at radius 3 is 2.26 bits per heavy atom. The number of halogens is 1. The zero-order chi connectivity index (χ0) is 17.0. The molecule has 0 bridgehead atoms. The number of hydrogen-bond acceptors (Lipinski definition) is 5. The largest absolute Gasteiger partial charge is 0.508 e. The molecule has 0 radical (unpaired) electrons. The minimum Gasteiger partial charge on any atom is -0.508 e. The van der Waals surface area contributed by atoms with E-state index in [0.29, 0.717) is 0 Å². The van der Waals surface area contributed by atoms with E-state index in [9.17, 15) is 19.7 Å². The van der Waals surface area contributed by atoms with Gasteiger partial charge in [0.15, 0.2) is 0 Å². The summed E-state index contributed by atoms with van der Waals surface area (Å²) in [5.41, 5.74) is 4.01. The Labute approximate surface area is 134 Å². The lowest BCUT2D eigenvalue weighted by Gasteiger charge is -2.08. The molecular weight excluding hydrogens is 326 g/mol. The Kier molecular flexibility index (Phi) is 4.77. The lowest BCUT2D eigenvalue weighted by atomic mass is 10.2. The van der Waals surface area contributed by atoms with Crippen LogP contribution in [0.25, 0.3) is 0 Å². The van der Waals surface area contributed by atoms with Gasteiger partial charge in [-0.2, -0.15) is 0 Å². The van der Waals surface area contributed by atoms with Crippen LogP contribution in [0.5, 0.6) is 5.75 Å². The first-order valence-corrected chi connectivity index (χ1v) is 6.60. The third kappa shape index (κ3) is 3.95. The number of nitrogens with one attached hydrogen (secondary N) is 2. The maximum absolute atomic E-state index is 12.0. The fourth-order valence-corrected chi connectivity index (χ4v) is 1.87. The average Bonchev–Trinajstić information content (AvgIpc) is 2.53. The van der Waals surface area contributed by atoms with Crippen molar-refractivity contribution in [3.8, 4) is 5.75 Å². The van der Waals surface area contributed by atoms with E-state index in [1.807, 2.05) is 0 Å². The monoisotopic (exact) mass is 335 g/mol. The van der Waals surface area contributed by atoms with Gasteiger partial charge < -0.3 is 5.11 Å². The van der Waals surface area contributed by atoms with Crippen LogP contribution in [-0.4, -0.2) is 21.8 Å². The number of benzene rings is 2. The van der Waals surface area contributed by atoms with Crippen molar-refractivity contribution < 1.29 is 19.6 Å². The van der Waals surface area contributed by atoms with Gasteiger partial charge in [-0.3, -0.25) is 30.6 Å². The van der Waals surface area contributed by atoms with Gasteiger partial charge in [0.25, 0.3) is 17.5 Å². The Balaban J connectivity index is 2.07. The van der Waals surface area contributed by atoms with Gasteiger partial charge in [0.05, 0.1) is 15.5 Å². The summed E-state index contributed by atoms with van der Waals surface area (Å²) in [5.74, 6) is -1.43. The molecule has 3 N–H and O–H groups in total. The van der Waals surface area contributed by atoms with Crippen molar-refractivity contribution in [1.29, 1.82) is 0 Å². The van der Waals surface area contributed by atoms with Gasteiger partial charge >= 0.3 is 0 Å². The number of aromatic hydroxyl groups is 1. The zero-order valence-electron chi connectivity index (χ0n) is 11.4. The van der Waals surface area contributed by atoms with Gasteiger partial charge in [0, 0.05) is 17.7 Å². The number of non-ortho nitro benzene ring substituents is 1. The Morgan fingerprint density at radius 2 is 1.65 bits per heavy atom. The third-order valence-corrected chi connectivity index (χ3v) is 3.15. The standard InChI is InChI=1S/C14H10ClN3O5/c15-12-6-3-9(18(22)23)7-11(12)14(21)17-16-13(20)8-1-4-10(19)5-2-8/h1-7,19H,(H,16,20)(H,17,21). The van der Waals surface area contributed by atoms with Crippen LogP contribution >= 0.6 is 11.6 Å². The molecule has 0 aliphatic carbocycles. The van der Waals surface area contributed by atoms with Gasteiger partial charge in [-0.25, -0.2) is 0 Å². The number of nitro benzene ring substituents is 1. The molecule has 2 amide bonds. The van der Waals surface area contributed by atoms with Gasteiger partial charge in [-0.05, 0) is 30.3 Å². The second-order valence-corrected chi connectivity index (χ2v) is 4.78. The maximum Gasteiger partial charge on any atom is 0.271 e. The second-order valence-electron chi connectivity index (χ2n) is 4.38. The molecule has 2 rings (SSSR count). The molecule has 0 aliphatic heterocycles. The molecule has 0 unspecified atom stereocenters. The predicted octanol–water partition coefficient (Wildman–Crippen LogP) is 2.03. The number of rotatable bonds is 3. The number of phenolic OH excluding ortho intramolecular Hbond substituents is 1. The van der Waals surface area contributed by atoms with Crippen LogP contribution in [-0.2, 0) is 0 Å². The fraction of sp³-hybridized carbons (Fsp3) is 0. The van der Waals surface area contributed by atoms with E-state index >= 15 is 0 Å². The third-order valence-electron chi connectivity index (χ3n) is 2.82. The highest BCUT2D eigenvalue weighted by Gasteiger charge is 2.16. The molecule has 0 spiro atoms. The van der Waals surface area contributed by atoms with Crippen molar-refractivity contribution in [3.63, 3.8) is 0 Å². The first kappa shape index (κ1) is 16.2. The lowest BCUT2D eigenvalue weighted by molar-refractivity contribution is -0.384. The molecule has 0 fully saturated rings. The summed E-state index contributed by atoms with van der Waals surface area (Å²) in [6.07, 6.45) is 0. The molecule has 0 aliphatic rings. The predicted molar refractivity (Wildman–Crippen MR) is 81.1 cm³/mol. The molecule has 0 aromatic heterocycles. The molecule has 9 heteroatoms. The highest BCUT2D eigenvalue weighted by molar-refractivity contribution is 6.34. The number of phenols is 1. The normalized spacial score (nSPS) is 9.96. The molecule has 0 atom stereocenters. The van der Waals surface area contributed by atoms with Gasteiger partial charge in [-0.15, -0.1) is 0 Å². The molecule has 8 nitrogen and oxygen atoms in total. The lowest BCUT2D eigenvalue weighted by Crippen LogP contribution is -2.41. The summed E-state index contributed by atoms with van der Waals surface area (Å²) in [7, 11) is 0. The van der Waals surface area contributed by atoms with Crippen LogP contribution in [0.15, 0.2) is 42.5 Å². The summed E-state index contributed by atoms with van der Waals surface area (Å²) < 4.78 is 0. The van der Waals surface area contributed by atoms with E-state index in [2.05, 4.69) is 10.9 Å². The minimum atomic E-state index is -0.800. The second kappa shape index (κ2) is 6.75. The van der Waals surface area contributed by atoms with E-state index in [1.54, 1.807) is 0 Å². The summed E-state index contributed by atoms with van der Waals surface area (Å²) in [4.78, 5) is 33.8. The Hall–Kier alpha value is -3.13. The molecule has 0 saturated carbocycles. The van der Waals surface area contributed by atoms with Crippen LogP contribution in [0.1, 0.15) is 20.7 Å². The molecule has 2 aromatic carbocycles. The number of nitrogens with zero attached hydrogens (tertiary/aromatic N) is 1. The van der Waals surface area contributed by atoms with E-state index in [4.69, 9.17) is 16.7 Å². The van der Waals surface area contributed by atoms with Crippen LogP contribution in [0.4, 0.5) is 5.69 Å². The van der Waals surface area contributed by atoms with Crippen molar-refractivity contribution in [2.75, 3.05) is 0 Å². The molecule has 2 aromatic rings.